The molecule has 1 saturated carbocycles. The number of alkyl halides is 3. The van der Waals surface area contributed by atoms with Crippen molar-refractivity contribution in [3.63, 3.8) is 0 Å². The first kappa shape index (κ1) is 34.4. The monoisotopic (exact) mass is 666 g/mol. The van der Waals surface area contributed by atoms with E-state index < -0.39 is 38.2 Å². The Kier molecular flexibility index (Phi) is 10.0. The van der Waals surface area contributed by atoms with E-state index >= 15 is 0 Å². The molecule has 0 spiro atoms. The summed E-state index contributed by atoms with van der Waals surface area (Å²) in [6.07, 6.45) is -1.72. The minimum absolute atomic E-state index is 0.0290. The topological polar surface area (TPSA) is 71.1 Å². The van der Waals surface area contributed by atoms with Crippen molar-refractivity contribution in [1.29, 1.82) is 0 Å². The molecule has 47 heavy (non-hydrogen) atoms. The van der Waals surface area contributed by atoms with Crippen molar-refractivity contribution < 1.29 is 41.4 Å². The first-order chi connectivity index (χ1) is 22.1. The van der Waals surface area contributed by atoms with Crippen LogP contribution >= 0.6 is 0 Å². The van der Waals surface area contributed by atoms with Crippen molar-refractivity contribution in [3.8, 4) is 16.9 Å². The van der Waals surface area contributed by atoms with Crippen LogP contribution in [-0.2, 0) is 24.9 Å². The van der Waals surface area contributed by atoms with Gasteiger partial charge < -0.3 is 18.6 Å². The van der Waals surface area contributed by atoms with Crippen LogP contribution in [0, 0.1) is 11.8 Å². The van der Waals surface area contributed by atoms with Gasteiger partial charge in [-0.1, -0.05) is 81.5 Å². The van der Waals surface area contributed by atoms with E-state index in [-0.39, 0.29) is 47.7 Å². The highest BCUT2D eigenvalue weighted by molar-refractivity contribution is 6.74. The number of esters is 2. The van der Waals surface area contributed by atoms with Gasteiger partial charge >= 0.3 is 18.1 Å². The normalized spacial score (nSPS) is 22.2. The Bertz CT molecular complexity index is 1580. The summed E-state index contributed by atoms with van der Waals surface area (Å²) in [6.45, 7) is 10.4. The predicted molar refractivity (Wildman–Crippen MR) is 175 cm³/mol. The number of carbonyl (C=O) groups excluding carboxylic acids is 2. The van der Waals surface area contributed by atoms with E-state index in [9.17, 15) is 22.8 Å². The molecule has 1 saturated heterocycles. The van der Waals surface area contributed by atoms with Gasteiger partial charge in [-0.3, -0.25) is 4.79 Å². The number of ether oxygens (including phenoxy) is 3. The van der Waals surface area contributed by atoms with Crippen LogP contribution in [0.15, 0.2) is 91.0 Å². The molecule has 10 heteroatoms. The molecule has 3 aromatic carbocycles. The smallest absolute Gasteiger partial charge is 0.416 e. The molecule has 5 rings (SSSR count). The highest BCUT2D eigenvalue weighted by Gasteiger charge is 2.51. The van der Waals surface area contributed by atoms with Gasteiger partial charge in [0.1, 0.15) is 24.6 Å². The third-order valence-electron chi connectivity index (χ3n) is 9.41. The molecule has 5 unspecified atom stereocenters. The van der Waals surface area contributed by atoms with Gasteiger partial charge in [0.25, 0.3) is 0 Å². The molecule has 2 aliphatic rings. The predicted octanol–water partition coefficient (Wildman–Crippen LogP) is 8.88. The fourth-order valence-corrected chi connectivity index (χ4v) is 7.06. The average molecular weight is 667 g/mol. The van der Waals surface area contributed by atoms with E-state index in [1.54, 1.807) is 12.1 Å². The second-order valence-electron chi connectivity index (χ2n) is 13.7. The summed E-state index contributed by atoms with van der Waals surface area (Å²) in [6, 6.07) is 21.8. The van der Waals surface area contributed by atoms with Gasteiger partial charge in [-0.2, -0.15) is 13.2 Å². The van der Waals surface area contributed by atoms with Crippen molar-refractivity contribution >= 4 is 20.3 Å². The van der Waals surface area contributed by atoms with E-state index in [1.807, 2.05) is 54.6 Å². The largest absolute Gasteiger partial charge is 0.491 e. The first-order valence-corrected chi connectivity index (χ1v) is 18.7. The minimum Gasteiger partial charge on any atom is -0.491 e. The van der Waals surface area contributed by atoms with E-state index in [4.69, 9.17) is 18.6 Å². The van der Waals surface area contributed by atoms with E-state index in [2.05, 4.69) is 33.9 Å². The molecule has 0 radical (unpaired) electrons. The Hall–Kier alpha value is -3.89. The highest BCUT2D eigenvalue weighted by Crippen LogP contribution is 2.44. The maximum Gasteiger partial charge on any atom is 0.416 e. The summed E-state index contributed by atoms with van der Waals surface area (Å²) in [7, 11) is -2.35. The molecule has 1 heterocycles. The molecule has 1 aliphatic carbocycles. The lowest BCUT2D eigenvalue weighted by Crippen LogP contribution is -2.45. The standard InChI is InChI=1S/C37H41F3O6Si/c1-36(2,3)47(4,5)46-29(23-43-28-13-9-12-27(20-28)37(38,39)40)18-19-30-31-21-34(41)44-33(31)22-32(30)45-35(42)26-16-14-25(15-17-26)24-10-7-6-8-11-24/h6-20,29-33H,21-23H2,1-5H3. The molecule has 5 atom stereocenters. The van der Waals surface area contributed by atoms with Crippen LogP contribution < -0.4 is 4.74 Å². The Morgan fingerprint density at radius 3 is 2.32 bits per heavy atom. The number of hydrogen-bond donors (Lipinski definition) is 0. The molecule has 0 aromatic heterocycles. The lowest BCUT2D eigenvalue weighted by Gasteiger charge is -2.38. The zero-order valence-electron chi connectivity index (χ0n) is 27.3. The molecule has 0 bridgehead atoms. The van der Waals surface area contributed by atoms with Crippen LogP contribution in [0.1, 0.15) is 49.5 Å². The molecule has 2 fully saturated rings. The second-order valence-corrected chi connectivity index (χ2v) is 18.5. The molecule has 6 nitrogen and oxygen atoms in total. The summed E-state index contributed by atoms with van der Waals surface area (Å²) >= 11 is 0. The Morgan fingerprint density at radius 2 is 1.66 bits per heavy atom. The minimum atomic E-state index is -4.49. The van der Waals surface area contributed by atoms with Crippen molar-refractivity contribution in [3.05, 3.63) is 102 Å². The van der Waals surface area contributed by atoms with Gasteiger partial charge in [0, 0.05) is 18.3 Å². The average Bonchev–Trinajstić information content (AvgIpc) is 3.53. The molecule has 250 valence electrons. The summed E-state index contributed by atoms with van der Waals surface area (Å²) < 4.78 is 64.1. The van der Waals surface area contributed by atoms with Crippen LogP contribution in [-0.4, -0.2) is 45.2 Å². The van der Waals surface area contributed by atoms with E-state index in [0.29, 0.717) is 12.0 Å². The Balaban J connectivity index is 1.35. The van der Waals surface area contributed by atoms with Crippen LogP contribution in [0.2, 0.25) is 18.1 Å². The highest BCUT2D eigenvalue weighted by atomic mass is 28.4. The third kappa shape index (κ3) is 8.34. The van der Waals surface area contributed by atoms with Crippen LogP contribution in [0.5, 0.6) is 5.75 Å². The van der Waals surface area contributed by atoms with Gasteiger partial charge in [0.15, 0.2) is 8.32 Å². The molecule has 0 amide bonds. The van der Waals surface area contributed by atoms with Gasteiger partial charge in [-0.15, -0.1) is 0 Å². The fourth-order valence-electron chi connectivity index (χ4n) is 5.80. The number of fused-ring (bicyclic) bond motifs is 1. The number of halogens is 3. The maximum absolute atomic E-state index is 13.3. The van der Waals surface area contributed by atoms with Crippen LogP contribution in [0.3, 0.4) is 0 Å². The first-order valence-electron chi connectivity index (χ1n) is 15.8. The second kappa shape index (κ2) is 13.7. The molecular formula is C37H41F3O6Si. The van der Waals surface area contributed by atoms with Crippen LogP contribution in [0.4, 0.5) is 13.2 Å². The van der Waals surface area contributed by atoms with Crippen LogP contribution in [0.25, 0.3) is 11.1 Å². The number of hydrogen-bond acceptors (Lipinski definition) is 6. The van der Waals surface area contributed by atoms with Gasteiger partial charge in [0.05, 0.1) is 23.7 Å². The van der Waals surface area contributed by atoms with Gasteiger partial charge in [-0.25, -0.2) is 4.79 Å². The molecular weight excluding hydrogens is 625 g/mol. The zero-order valence-corrected chi connectivity index (χ0v) is 28.3. The Morgan fingerprint density at radius 1 is 0.979 bits per heavy atom. The van der Waals surface area contributed by atoms with E-state index in [0.717, 1.165) is 23.3 Å². The van der Waals surface area contributed by atoms with Crippen molar-refractivity contribution in [2.75, 3.05) is 6.61 Å². The SMILES string of the molecule is CC(C)(C)[Si](C)(C)OC(C=CC1C(OC(=O)c2ccc(-c3ccccc3)cc2)CC2OC(=O)CC21)COc1cccc(C(F)(F)F)c1. The number of benzene rings is 3. The van der Waals surface area contributed by atoms with Gasteiger partial charge in [-0.05, 0) is 59.6 Å². The van der Waals surface area contributed by atoms with Gasteiger partial charge in [0.2, 0.25) is 0 Å². The quantitative estimate of drug-likeness (QED) is 0.122. The summed E-state index contributed by atoms with van der Waals surface area (Å²) in [4.78, 5) is 25.5. The maximum atomic E-state index is 13.3. The van der Waals surface area contributed by atoms with E-state index in [1.165, 1.54) is 12.1 Å². The molecule has 0 N–H and O–H groups in total. The van der Waals surface area contributed by atoms with Crippen molar-refractivity contribution in [2.24, 2.45) is 11.8 Å². The third-order valence-corrected chi connectivity index (χ3v) is 13.9. The summed E-state index contributed by atoms with van der Waals surface area (Å²) in [5, 5.41) is -0.145. The number of rotatable bonds is 10. The van der Waals surface area contributed by atoms with Crippen molar-refractivity contribution in [2.45, 2.75) is 76.2 Å². The summed E-state index contributed by atoms with van der Waals surface area (Å²) in [5.74, 6) is -1.20. The number of carbonyl (C=O) groups is 2. The Labute approximate surface area is 275 Å². The fraction of sp³-hybridized carbons (Fsp3) is 0.405. The molecule has 1 aliphatic heterocycles. The van der Waals surface area contributed by atoms with Crippen molar-refractivity contribution in [1.82, 2.24) is 0 Å². The molecule has 3 aromatic rings. The lowest BCUT2D eigenvalue weighted by molar-refractivity contribution is -0.142. The zero-order chi connectivity index (χ0) is 34.0. The lowest BCUT2D eigenvalue weighted by atomic mass is 9.91. The summed E-state index contributed by atoms with van der Waals surface area (Å²) in [5.41, 5.74) is 1.63.